The number of hydrogen-bond acceptors (Lipinski definition) is 4. The summed E-state index contributed by atoms with van der Waals surface area (Å²) in [5.41, 5.74) is 0. The minimum atomic E-state index is -3.88. The normalized spacial score (nSPS) is 14.8. The van der Waals surface area contributed by atoms with Gasteiger partial charge in [-0.05, 0) is 0 Å². The Balaban J connectivity index is 5.41. The molecular formula is C15H35O4PS. The first-order valence-corrected chi connectivity index (χ1v) is 12.9. The molecule has 0 heterocycles. The summed E-state index contributed by atoms with van der Waals surface area (Å²) in [7, 11) is -3.88. The quantitative estimate of drug-likeness (QED) is 0.452. The molecule has 130 valence electrons. The van der Waals surface area contributed by atoms with Gasteiger partial charge in [0.15, 0.2) is 0 Å². The van der Waals surface area contributed by atoms with E-state index in [0.717, 1.165) is 57.0 Å². The predicted octanol–water partition coefficient (Wildman–Crippen LogP) is 4.78. The third kappa shape index (κ3) is 7.92. The van der Waals surface area contributed by atoms with Crippen LogP contribution >= 0.6 is 6.83 Å². The van der Waals surface area contributed by atoms with E-state index in [4.69, 9.17) is 8.15 Å². The Morgan fingerprint density at radius 3 is 1.48 bits per heavy atom. The van der Waals surface area contributed by atoms with Crippen LogP contribution in [0, 0.1) is 0 Å². The number of rotatable bonds is 13. The van der Waals surface area contributed by atoms with E-state index in [1.54, 1.807) is 6.92 Å². The van der Waals surface area contributed by atoms with Crippen molar-refractivity contribution in [3.8, 4) is 0 Å². The van der Waals surface area contributed by atoms with E-state index in [1.165, 1.54) is 0 Å². The van der Waals surface area contributed by atoms with Gasteiger partial charge in [-0.25, -0.2) is 0 Å². The SMILES string of the molecule is CCCCP(C)(CCCC)(CCCC)OS(=O)(=O)OCC. The van der Waals surface area contributed by atoms with Crippen LogP contribution in [0.5, 0.6) is 0 Å². The molecule has 0 spiro atoms. The maximum atomic E-state index is 12.1. The van der Waals surface area contributed by atoms with Crippen molar-refractivity contribution < 1.29 is 16.6 Å². The van der Waals surface area contributed by atoms with Crippen molar-refractivity contribution in [3.05, 3.63) is 0 Å². The molecule has 0 aliphatic rings. The van der Waals surface area contributed by atoms with Crippen LogP contribution in [-0.4, -0.2) is 40.2 Å². The first-order chi connectivity index (χ1) is 9.75. The number of hydrogen-bond donors (Lipinski definition) is 0. The van der Waals surface area contributed by atoms with Crippen LogP contribution in [-0.2, 0) is 18.6 Å². The van der Waals surface area contributed by atoms with E-state index in [-0.39, 0.29) is 6.61 Å². The molecule has 21 heavy (non-hydrogen) atoms. The van der Waals surface area contributed by atoms with Crippen molar-refractivity contribution in [2.75, 3.05) is 31.8 Å². The van der Waals surface area contributed by atoms with Crippen LogP contribution < -0.4 is 0 Å². The van der Waals surface area contributed by atoms with Crippen LogP contribution in [0.3, 0.4) is 0 Å². The Morgan fingerprint density at radius 1 is 0.810 bits per heavy atom. The minimum absolute atomic E-state index is 0.129. The molecule has 0 saturated heterocycles. The average molecular weight is 342 g/mol. The van der Waals surface area contributed by atoms with Gasteiger partial charge in [0.25, 0.3) is 0 Å². The molecule has 0 radical (unpaired) electrons. The van der Waals surface area contributed by atoms with E-state index < -0.39 is 17.2 Å². The fraction of sp³-hybridized carbons (Fsp3) is 1.00. The molecule has 0 N–H and O–H groups in total. The second-order valence-electron chi connectivity index (χ2n) is 6.31. The summed E-state index contributed by atoms with van der Waals surface area (Å²) in [5, 5.41) is 0. The molecule has 6 heteroatoms. The third-order valence-corrected chi connectivity index (χ3v) is 11.9. The first kappa shape index (κ1) is 21.3. The Bertz CT molecular complexity index is 357. The van der Waals surface area contributed by atoms with Crippen LogP contribution in [0.4, 0.5) is 0 Å². The van der Waals surface area contributed by atoms with Crippen molar-refractivity contribution in [2.45, 2.75) is 66.2 Å². The fourth-order valence-electron chi connectivity index (χ4n) is 2.71. The molecule has 0 saturated carbocycles. The summed E-state index contributed by atoms with van der Waals surface area (Å²) < 4.78 is 35.0. The molecule has 0 atom stereocenters. The van der Waals surface area contributed by atoms with Crippen LogP contribution in [0.2, 0.25) is 0 Å². The van der Waals surface area contributed by atoms with Gasteiger partial charge in [0.1, 0.15) is 0 Å². The van der Waals surface area contributed by atoms with Gasteiger partial charge in [-0.15, -0.1) is 0 Å². The van der Waals surface area contributed by atoms with Crippen molar-refractivity contribution in [3.63, 3.8) is 0 Å². The zero-order valence-electron chi connectivity index (χ0n) is 14.6. The molecule has 0 aliphatic heterocycles. The van der Waals surface area contributed by atoms with Crippen molar-refractivity contribution in [1.29, 1.82) is 0 Å². The second kappa shape index (κ2) is 9.44. The van der Waals surface area contributed by atoms with E-state index >= 15 is 0 Å². The monoisotopic (exact) mass is 342 g/mol. The molecular weight excluding hydrogens is 307 g/mol. The summed E-state index contributed by atoms with van der Waals surface area (Å²) in [4.78, 5) is 0. The summed E-state index contributed by atoms with van der Waals surface area (Å²) in [6, 6.07) is 0. The molecule has 4 nitrogen and oxygen atoms in total. The molecule has 0 aliphatic carbocycles. The van der Waals surface area contributed by atoms with E-state index in [0.29, 0.717) is 0 Å². The Labute approximate surface area is 132 Å². The summed E-state index contributed by atoms with van der Waals surface area (Å²) in [5.74, 6) is 0. The fourth-order valence-corrected chi connectivity index (χ4v) is 10.6. The average Bonchev–Trinajstić information content (AvgIpc) is 2.41. The topological polar surface area (TPSA) is 52.6 Å². The van der Waals surface area contributed by atoms with Crippen molar-refractivity contribution >= 4 is 17.2 Å². The van der Waals surface area contributed by atoms with Crippen molar-refractivity contribution in [1.82, 2.24) is 0 Å². The van der Waals surface area contributed by atoms with Gasteiger partial charge in [0.2, 0.25) is 0 Å². The summed E-state index contributed by atoms with van der Waals surface area (Å²) >= 11 is 0. The Hall–Kier alpha value is 0.300. The van der Waals surface area contributed by atoms with E-state index in [9.17, 15) is 8.42 Å². The van der Waals surface area contributed by atoms with Gasteiger partial charge >= 0.3 is 132 Å². The van der Waals surface area contributed by atoms with Gasteiger partial charge < -0.3 is 0 Å². The molecule has 0 aromatic rings. The predicted molar refractivity (Wildman–Crippen MR) is 93.8 cm³/mol. The maximum absolute atomic E-state index is 12.1. The van der Waals surface area contributed by atoms with E-state index in [1.807, 2.05) is 0 Å². The van der Waals surface area contributed by atoms with Crippen molar-refractivity contribution in [2.24, 2.45) is 0 Å². The van der Waals surface area contributed by atoms with E-state index in [2.05, 4.69) is 27.4 Å². The molecule has 0 aromatic heterocycles. The van der Waals surface area contributed by atoms with Gasteiger partial charge in [0, 0.05) is 0 Å². The molecule has 0 aromatic carbocycles. The van der Waals surface area contributed by atoms with Gasteiger partial charge in [-0.3, -0.25) is 0 Å². The standard InChI is InChI=1S/C15H35O4PS/c1-6-10-13-20(5,14-11-7-2,15-12-8-3)19-21(16,17)18-9-4/h6-15H2,1-5H3. The molecule has 0 rings (SSSR count). The number of unbranched alkanes of at least 4 members (excludes halogenated alkanes) is 3. The Morgan fingerprint density at radius 2 is 1.19 bits per heavy atom. The summed E-state index contributed by atoms with van der Waals surface area (Å²) in [6.45, 7) is 7.60. The molecule has 0 unspecified atom stereocenters. The summed E-state index contributed by atoms with van der Waals surface area (Å²) in [6.07, 6.45) is 8.87. The zero-order chi connectivity index (χ0) is 16.4. The first-order valence-electron chi connectivity index (χ1n) is 8.36. The Kier molecular flexibility index (Phi) is 9.58. The van der Waals surface area contributed by atoms with Crippen LogP contribution in [0.25, 0.3) is 0 Å². The molecule has 0 fully saturated rings. The van der Waals surface area contributed by atoms with Gasteiger partial charge in [-0.1, -0.05) is 0 Å². The zero-order valence-corrected chi connectivity index (χ0v) is 16.3. The van der Waals surface area contributed by atoms with Gasteiger partial charge in [0.05, 0.1) is 0 Å². The molecule has 0 amide bonds. The second-order valence-corrected chi connectivity index (χ2v) is 13.7. The third-order valence-electron chi connectivity index (χ3n) is 4.01. The van der Waals surface area contributed by atoms with Gasteiger partial charge in [-0.2, -0.15) is 0 Å². The van der Waals surface area contributed by atoms with Crippen LogP contribution in [0.15, 0.2) is 0 Å². The van der Waals surface area contributed by atoms with Crippen LogP contribution in [0.1, 0.15) is 66.2 Å². The molecule has 0 bridgehead atoms.